The standard InChI is InChI=1S/C14H17FN2O4/c1-9-7-10(17(19)20)8-12(13(9)15)14(18)16-5-4-11-3-2-6-21-11/h7-8,11H,2-6H2,1H3,(H,16,18). The van der Waals surface area contributed by atoms with Gasteiger partial charge in [-0.2, -0.15) is 0 Å². The second kappa shape index (κ2) is 6.62. The Labute approximate surface area is 121 Å². The summed E-state index contributed by atoms with van der Waals surface area (Å²) in [5.74, 6) is -1.37. The summed E-state index contributed by atoms with van der Waals surface area (Å²) in [6.07, 6.45) is 2.75. The topological polar surface area (TPSA) is 81.5 Å². The number of nitro benzene ring substituents is 1. The van der Waals surface area contributed by atoms with Crippen molar-refractivity contribution in [1.82, 2.24) is 5.32 Å². The van der Waals surface area contributed by atoms with Crippen molar-refractivity contribution in [3.63, 3.8) is 0 Å². The number of hydrogen-bond donors (Lipinski definition) is 1. The zero-order valence-electron chi connectivity index (χ0n) is 11.7. The van der Waals surface area contributed by atoms with Crippen LogP contribution in [0.25, 0.3) is 0 Å². The highest BCUT2D eigenvalue weighted by Crippen LogP contribution is 2.21. The second-order valence-electron chi connectivity index (χ2n) is 5.06. The van der Waals surface area contributed by atoms with E-state index in [0.717, 1.165) is 31.6 Å². The van der Waals surface area contributed by atoms with E-state index in [2.05, 4.69) is 5.32 Å². The first-order chi connectivity index (χ1) is 9.99. The molecule has 1 atom stereocenters. The summed E-state index contributed by atoms with van der Waals surface area (Å²) in [4.78, 5) is 22.1. The third-order valence-corrected chi connectivity index (χ3v) is 3.47. The molecule has 1 heterocycles. The minimum atomic E-state index is -0.727. The molecule has 1 aromatic carbocycles. The number of carbonyl (C=O) groups is 1. The fraction of sp³-hybridized carbons (Fsp3) is 0.500. The lowest BCUT2D eigenvalue weighted by atomic mass is 10.1. The Hall–Kier alpha value is -2.02. The predicted octanol–water partition coefficient (Wildman–Crippen LogP) is 2.34. The monoisotopic (exact) mass is 296 g/mol. The van der Waals surface area contributed by atoms with Gasteiger partial charge in [-0.15, -0.1) is 0 Å². The fourth-order valence-corrected chi connectivity index (χ4v) is 2.34. The normalized spacial score (nSPS) is 17.7. The van der Waals surface area contributed by atoms with Gasteiger partial charge in [-0.25, -0.2) is 4.39 Å². The van der Waals surface area contributed by atoms with Gasteiger partial charge < -0.3 is 10.1 Å². The first-order valence-corrected chi connectivity index (χ1v) is 6.83. The SMILES string of the molecule is Cc1cc([N+](=O)[O-])cc(C(=O)NCCC2CCCO2)c1F. The van der Waals surface area contributed by atoms with Gasteiger partial charge in [0.25, 0.3) is 11.6 Å². The molecule has 1 saturated heterocycles. The summed E-state index contributed by atoms with van der Waals surface area (Å²) in [7, 11) is 0. The van der Waals surface area contributed by atoms with Crippen molar-refractivity contribution < 1.29 is 18.8 Å². The quantitative estimate of drug-likeness (QED) is 0.668. The highest BCUT2D eigenvalue weighted by Gasteiger charge is 2.20. The summed E-state index contributed by atoms with van der Waals surface area (Å²) in [5, 5.41) is 13.3. The second-order valence-corrected chi connectivity index (χ2v) is 5.06. The Morgan fingerprint density at radius 3 is 2.95 bits per heavy atom. The van der Waals surface area contributed by atoms with Crippen LogP contribution in [-0.4, -0.2) is 30.1 Å². The fourth-order valence-electron chi connectivity index (χ4n) is 2.34. The molecule has 0 aliphatic carbocycles. The summed E-state index contributed by atoms with van der Waals surface area (Å²) in [5.41, 5.74) is -0.513. The molecule has 1 aliphatic heterocycles. The van der Waals surface area contributed by atoms with E-state index in [4.69, 9.17) is 4.74 Å². The van der Waals surface area contributed by atoms with E-state index in [0.29, 0.717) is 13.0 Å². The molecular weight excluding hydrogens is 279 g/mol. The van der Waals surface area contributed by atoms with Crippen LogP contribution >= 0.6 is 0 Å². The zero-order chi connectivity index (χ0) is 15.4. The average molecular weight is 296 g/mol. The molecule has 21 heavy (non-hydrogen) atoms. The van der Waals surface area contributed by atoms with Crippen LogP contribution in [-0.2, 0) is 4.74 Å². The van der Waals surface area contributed by atoms with Crippen molar-refractivity contribution >= 4 is 11.6 Å². The van der Waals surface area contributed by atoms with Gasteiger partial charge in [0.2, 0.25) is 0 Å². The van der Waals surface area contributed by atoms with Crippen LogP contribution in [0.2, 0.25) is 0 Å². The summed E-state index contributed by atoms with van der Waals surface area (Å²) >= 11 is 0. The first kappa shape index (κ1) is 15.4. The van der Waals surface area contributed by atoms with E-state index < -0.39 is 16.6 Å². The van der Waals surface area contributed by atoms with Gasteiger partial charge in [0, 0.05) is 25.3 Å². The summed E-state index contributed by atoms with van der Waals surface area (Å²) < 4.78 is 19.3. The highest BCUT2D eigenvalue weighted by molar-refractivity contribution is 5.95. The number of nitrogens with zero attached hydrogens (tertiary/aromatic N) is 1. The minimum Gasteiger partial charge on any atom is -0.378 e. The summed E-state index contributed by atoms with van der Waals surface area (Å²) in [6.45, 7) is 2.48. The number of carbonyl (C=O) groups excluding carboxylic acids is 1. The molecule has 0 spiro atoms. The van der Waals surface area contributed by atoms with Gasteiger partial charge in [-0.1, -0.05) is 0 Å². The van der Waals surface area contributed by atoms with Crippen LogP contribution in [0.3, 0.4) is 0 Å². The largest absolute Gasteiger partial charge is 0.378 e. The number of nitrogens with one attached hydrogen (secondary N) is 1. The van der Waals surface area contributed by atoms with Gasteiger partial charge in [0.15, 0.2) is 0 Å². The molecule has 0 radical (unpaired) electrons. The average Bonchev–Trinajstić information content (AvgIpc) is 2.94. The first-order valence-electron chi connectivity index (χ1n) is 6.83. The molecule has 1 N–H and O–H groups in total. The molecule has 2 rings (SSSR count). The smallest absolute Gasteiger partial charge is 0.270 e. The molecule has 1 aliphatic rings. The van der Waals surface area contributed by atoms with E-state index >= 15 is 0 Å². The Bertz CT molecular complexity index is 556. The third-order valence-electron chi connectivity index (χ3n) is 3.47. The maximum absolute atomic E-state index is 13.9. The number of benzene rings is 1. The van der Waals surface area contributed by atoms with Gasteiger partial charge in [-0.3, -0.25) is 14.9 Å². The molecule has 0 saturated carbocycles. The van der Waals surface area contributed by atoms with Crippen LogP contribution in [0.1, 0.15) is 35.2 Å². The number of nitro groups is 1. The number of halogens is 1. The number of non-ortho nitro benzene ring substituents is 1. The Morgan fingerprint density at radius 2 is 2.33 bits per heavy atom. The molecular formula is C14H17FN2O4. The van der Waals surface area contributed by atoms with Crippen molar-refractivity contribution in [2.75, 3.05) is 13.2 Å². The van der Waals surface area contributed by atoms with Crippen LogP contribution < -0.4 is 5.32 Å². The van der Waals surface area contributed by atoms with E-state index in [9.17, 15) is 19.3 Å². The van der Waals surface area contributed by atoms with Crippen molar-refractivity contribution in [2.45, 2.75) is 32.3 Å². The van der Waals surface area contributed by atoms with Gasteiger partial charge in [-0.05, 0) is 31.7 Å². The molecule has 1 unspecified atom stereocenters. The van der Waals surface area contributed by atoms with Gasteiger partial charge in [0.05, 0.1) is 16.6 Å². The lowest BCUT2D eigenvalue weighted by molar-refractivity contribution is -0.385. The number of rotatable bonds is 5. The minimum absolute atomic E-state index is 0.0773. The van der Waals surface area contributed by atoms with Gasteiger partial charge in [0.1, 0.15) is 5.82 Å². The summed E-state index contributed by atoms with van der Waals surface area (Å²) in [6, 6.07) is 2.07. The molecule has 1 amide bonds. The van der Waals surface area contributed by atoms with Crippen LogP contribution in [0, 0.1) is 22.9 Å². The number of aryl methyl sites for hydroxylation is 1. The molecule has 1 fully saturated rings. The zero-order valence-corrected chi connectivity index (χ0v) is 11.7. The third kappa shape index (κ3) is 3.75. The molecule has 7 heteroatoms. The van der Waals surface area contributed by atoms with Crippen molar-refractivity contribution in [3.8, 4) is 0 Å². The van der Waals surface area contributed by atoms with E-state index in [1.165, 1.54) is 6.92 Å². The Kier molecular flexibility index (Phi) is 4.85. The maximum atomic E-state index is 13.9. The van der Waals surface area contributed by atoms with Crippen LogP contribution in [0.15, 0.2) is 12.1 Å². The molecule has 114 valence electrons. The van der Waals surface area contributed by atoms with Crippen LogP contribution in [0.5, 0.6) is 0 Å². The lowest BCUT2D eigenvalue weighted by Crippen LogP contribution is -2.28. The van der Waals surface area contributed by atoms with Gasteiger partial charge >= 0.3 is 0 Å². The predicted molar refractivity (Wildman–Crippen MR) is 73.7 cm³/mol. The van der Waals surface area contributed by atoms with Crippen molar-refractivity contribution in [1.29, 1.82) is 0 Å². The van der Waals surface area contributed by atoms with Crippen molar-refractivity contribution in [3.05, 3.63) is 39.2 Å². The molecule has 6 nitrogen and oxygen atoms in total. The highest BCUT2D eigenvalue weighted by atomic mass is 19.1. The Morgan fingerprint density at radius 1 is 1.57 bits per heavy atom. The van der Waals surface area contributed by atoms with Crippen LogP contribution in [0.4, 0.5) is 10.1 Å². The van der Waals surface area contributed by atoms with Crippen molar-refractivity contribution in [2.24, 2.45) is 0 Å². The molecule has 0 bridgehead atoms. The number of amides is 1. The molecule has 0 aromatic heterocycles. The number of ether oxygens (including phenoxy) is 1. The van der Waals surface area contributed by atoms with E-state index in [-0.39, 0.29) is 22.9 Å². The van der Waals surface area contributed by atoms with E-state index in [1.54, 1.807) is 0 Å². The lowest BCUT2D eigenvalue weighted by Gasteiger charge is -2.11. The van der Waals surface area contributed by atoms with E-state index in [1.807, 2.05) is 0 Å². The maximum Gasteiger partial charge on any atom is 0.270 e. The molecule has 1 aromatic rings. The number of hydrogen-bond acceptors (Lipinski definition) is 4. The Balaban J connectivity index is 2.02.